The molecular weight excluding hydrogens is 288 g/mol. The molecule has 0 spiro atoms. The summed E-state index contributed by atoms with van der Waals surface area (Å²) in [6, 6.07) is 10.6. The first-order chi connectivity index (χ1) is 11.3. The molecule has 2 rings (SSSR count). The average Bonchev–Trinajstić information content (AvgIpc) is 2.61. The van der Waals surface area contributed by atoms with Crippen LogP contribution in [0.3, 0.4) is 0 Å². The second-order valence-electron chi connectivity index (χ2n) is 5.60. The van der Waals surface area contributed by atoms with E-state index in [4.69, 9.17) is 9.73 Å². The first kappa shape index (κ1) is 17.6. The standard InChI is InChI=1S/C18H30N4O/c1-3-19-18(20-11-8-16-23-4-2)22-14-12-21(13-15-22)17-9-6-5-7-10-17/h5-7,9-10H,3-4,8,11-16H2,1-2H3,(H,19,20). The Morgan fingerprint density at radius 1 is 1.13 bits per heavy atom. The van der Waals surface area contributed by atoms with E-state index in [9.17, 15) is 0 Å². The molecular formula is C18H30N4O. The second-order valence-corrected chi connectivity index (χ2v) is 5.60. The molecule has 0 bridgehead atoms. The van der Waals surface area contributed by atoms with E-state index in [1.165, 1.54) is 5.69 Å². The maximum Gasteiger partial charge on any atom is 0.194 e. The molecule has 0 aromatic heterocycles. The lowest BCUT2D eigenvalue weighted by molar-refractivity contribution is 0.146. The zero-order valence-corrected chi connectivity index (χ0v) is 14.5. The van der Waals surface area contributed by atoms with Crippen molar-refractivity contribution >= 4 is 11.6 Å². The quantitative estimate of drug-likeness (QED) is 0.475. The van der Waals surface area contributed by atoms with Crippen molar-refractivity contribution in [3.8, 4) is 0 Å². The number of para-hydroxylation sites is 1. The normalized spacial score (nSPS) is 15.8. The Labute approximate surface area is 140 Å². The van der Waals surface area contributed by atoms with Crippen molar-refractivity contribution in [2.75, 3.05) is 57.4 Å². The predicted octanol–water partition coefficient (Wildman–Crippen LogP) is 2.20. The molecule has 23 heavy (non-hydrogen) atoms. The van der Waals surface area contributed by atoms with E-state index in [1.807, 2.05) is 6.92 Å². The Hall–Kier alpha value is -1.75. The number of hydrogen-bond donors (Lipinski definition) is 1. The summed E-state index contributed by atoms with van der Waals surface area (Å²) < 4.78 is 5.37. The molecule has 1 saturated heterocycles. The van der Waals surface area contributed by atoms with Crippen molar-refractivity contribution in [1.29, 1.82) is 0 Å². The number of guanidine groups is 1. The van der Waals surface area contributed by atoms with E-state index >= 15 is 0 Å². The van der Waals surface area contributed by atoms with Crippen molar-refractivity contribution in [3.05, 3.63) is 30.3 Å². The van der Waals surface area contributed by atoms with E-state index in [0.29, 0.717) is 0 Å². The van der Waals surface area contributed by atoms with Gasteiger partial charge in [-0.15, -0.1) is 0 Å². The summed E-state index contributed by atoms with van der Waals surface area (Å²) in [5.41, 5.74) is 1.31. The van der Waals surface area contributed by atoms with Crippen molar-refractivity contribution in [2.24, 2.45) is 4.99 Å². The molecule has 0 amide bonds. The third-order valence-corrected chi connectivity index (χ3v) is 3.95. The lowest BCUT2D eigenvalue weighted by Gasteiger charge is -2.37. The number of hydrogen-bond acceptors (Lipinski definition) is 3. The SMILES string of the molecule is CCNC(=NCCCOCC)N1CCN(c2ccccc2)CC1. The minimum Gasteiger partial charge on any atom is -0.382 e. The fraction of sp³-hybridized carbons (Fsp3) is 0.611. The minimum absolute atomic E-state index is 0.783. The highest BCUT2D eigenvalue weighted by Crippen LogP contribution is 2.15. The molecule has 0 saturated carbocycles. The van der Waals surface area contributed by atoms with Gasteiger partial charge in [-0.1, -0.05) is 18.2 Å². The van der Waals surface area contributed by atoms with Gasteiger partial charge in [0.25, 0.3) is 0 Å². The van der Waals surface area contributed by atoms with Crippen LogP contribution in [0.2, 0.25) is 0 Å². The maximum atomic E-state index is 5.37. The number of aliphatic imine (C=N–C) groups is 1. The molecule has 5 nitrogen and oxygen atoms in total. The summed E-state index contributed by atoms with van der Waals surface area (Å²) in [6.07, 6.45) is 0.979. The van der Waals surface area contributed by atoms with Crippen LogP contribution in [0.5, 0.6) is 0 Å². The van der Waals surface area contributed by atoms with E-state index in [2.05, 4.69) is 52.4 Å². The van der Waals surface area contributed by atoms with Crippen LogP contribution < -0.4 is 10.2 Å². The molecule has 5 heteroatoms. The lowest BCUT2D eigenvalue weighted by atomic mass is 10.2. The van der Waals surface area contributed by atoms with Gasteiger partial charge < -0.3 is 19.9 Å². The topological polar surface area (TPSA) is 40.1 Å². The molecule has 1 fully saturated rings. The Morgan fingerprint density at radius 3 is 2.52 bits per heavy atom. The van der Waals surface area contributed by atoms with Crippen LogP contribution >= 0.6 is 0 Å². The summed E-state index contributed by atoms with van der Waals surface area (Å²) in [5, 5.41) is 3.41. The third kappa shape index (κ3) is 5.75. The molecule has 1 aliphatic heterocycles. The molecule has 1 heterocycles. The highest BCUT2D eigenvalue weighted by molar-refractivity contribution is 5.80. The summed E-state index contributed by atoms with van der Waals surface area (Å²) in [7, 11) is 0. The summed E-state index contributed by atoms with van der Waals surface area (Å²) in [4.78, 5) is 9.54. The van der Waals surface area contributed by atoms with E-state index in [-0.39, 0.29) is 0 Å². The molecule has 0 atom stereocenters. The first-order valence-electron chi connectivity index (χ1n) is 8.76. The molecule has 1 aromatic rings. The molecule has 1 aliphatic rings. The molecule has 0 unspecified atom stereocenters. The summed E-state index contributed by atoms with van der Waals surface area (Å²) >= 11 is 0. The van der Waals surface area contributed by atoms with Crippen LogP contribution in [-0.2, 0) is 4.74 Å². The third-order valence-electron chi connectivity index (χ3n) is 3.95. The van der Waals surface area contributed by atoms with Crippen LogP contribution in [0.25, 0.3) is 0 Å². The lowest BCUT2D eigenvalue weighted by Crippen LogP contribution is -2.52. The van der Waals surface area contributed by atoms with Gasteiger partial charge in [-0.2, -0.15) is 0 Å². The van der Waals surface area contributed by atoms with Gasteiger partial charge in [0, 0.05) is 58.2 Å². The zero-order chi connectivity index (χ0) is 16.3. The fourth-order valence-corrected chi connectivity index (χ4v) is 2.74. The van der Waals surface area contributed by atoms with Crippen molar-refractivity contribution in [1.82, 2.24) is 10.2 Å². The summed E-state index contributed by atoms with van der Waals surface area (Å²) in [5.74, 6) is 1.04. The summed E-state index contributed by atoms with van der Waals surface area (Å²) in [6.45, 7) is 11.5. The largest absolute Gasteiger partial charge is 0.382 e. The number of benzene rings is 1. The van der Waals surface area contributed by atoms with Crippen molar-refractivity contribution < 1.29 is 4.74 Å². The minimum atomic E-state index is 0.783. The highest BCUT2D eigenvalue weighted by atomic mass is 16.5. The van der Waals surface area contributed by atoms with E-state index in [0.717, 1.165) is 64.9 Å². The van der Waals surface area contributed by atoms with Gasteiger partial charge in [0.05, 0.1) is 0 Å². The van der Waals surface area contributed by atoms with E-state index in [1.54, 1.807) is 0 Å². The number of ether oxygens (including phenoxy) is 1. The molecule has 1 N–H and O–H groups in total. The highest BCUT2D eigenvalue weighted by Gasteiger charge is 2.19. The van der Waals surface area contributed by atoms with Crippen LogP contribution in [-0.4, -0.2) is 63.3 Å². The van der Waals surface area contributed by atoms with Crippen LogP contribution in [0.1, 0.15) is 20.3 Å². The number of rotatable bonds is 7. The van der Waals surface area contributed by atoms with Gasteiger partial charge in [-0.05, 0) is 32.4 Å². The average molecular weight is 318 g/mol. The van der Waals surface area contributed by atoms with Crippen LogP contribution in [0, 0.1) is 0 Å². The molecule has 128 valence electrons. The van der Waals surface area contributed by atoms with E-state index < -0.39 is 0 Å². The Bertz CT molecular complexity index is 455. The number of nitrogens with one attached hydrogen (secondary N) is 1. The second kappa shape index (κ2) is 10.1. The molecule has 1 aromatic carbocycles. The number of anilines is 1. The van der Waals surface area contributed by atoms with Gasteiger partial charge in [0.2, 0.25) is 0 Å². The maximum absolute atomic E-state index is 5.37. The van der Waals surface area contributed by atoms with Crippen molar-refractivity contribution in [2.45, 2.75) is 20.3 Å². The van der Waals surface area contributed by atoms with Gasteiger partial charge in [-0.25, -0.2) is 0 Å². The number of nitrogens with zero attached hydrogens (tertiary/aromatic N) is 3. The van der Waals surface area contributed by atoms with Gasteiger partial charge >= 0.3 is 0 Å². The van der Waals surface area contributed by atoms with Crippen molar-refractivity contribution in [3.63, 3.8) is 0 Å². The first-order valence-corrected chi connectivity index (χ1v) is 8.76. The van der Waals surface area contributed by atoms with Crippen LogP contribution in [0.4, 0.5) is 5.69 Å². The van der Waals surface area contributed by atoms with Gasteiger partial charge in [0.1, 0.15) is 0 Å². The van der Waals surface area contributed by atoms with Gasteiger partial charge in [0.15, 0.2) is 5.96 Å². The fourth-order valence-electron chi connectivity index (χ4n) is 2.74. The monoisotopic (exact) mass is 318 g/mol. The predicted molar refractivity (Wildman–Crippen MR) is 97.3 cm³/mol. The van der Waals surface area contributed by atoms with Crippen LogP contribution in [0.15, 0.2) is 35.3 Å². The Balaban J connectivity index is 1.83. The van der Waals surface area contributed by atoms with Gasteiger partial charge in [-0.3, -0.25) is 4.99 Å². The molecule has 0 radical (unpaired) electrons. The Morgan fingerprint density at radius 2 is 1.87 bits per heavy atom. The molecule has 0 aliphatic carbocycles. The smallest absolute Gasteiger partial charge is 0.194 e. The Kier molecular flexibility index (Phi) is 7.73. The zero-order valence-electron chi connectivity index (χ0n) is 14.5. The number of piperazine rings is 1.